The first-order valence-corrected chi connectivity index (χ1v) is 7.14. The number of benzene rings is 1. The first kappa shape index (κ1) is 14.5. The van der Waals surface area contributed by atoms with Gasteiger partial charge in [-0.15, -0.1) is 0 Å². The number of hydrogen-bond acceptors (Lipinski definition) is 3. The fourth-order valence-electron chi connectivity index (χ4n) is 2.42. The van der Waals surface area contributed by atoms with Crippen molar-refractivity contribution in [1.29, 1.82) is 5.26 Å². The van der Waals surface area contributed by atoms with Crippen LogP contribution in [0.25, 0.3) is 0 Å². The average molecular weight is 272 g/mol. The van der Waals surface area contributed by atoms with Gasteiger partial charge in [-0.2, -0.15) is 5.26 Å². The van der Waals surface area contributed by atoms with Gasteiger partial charge in [0, 0.05) is 19.7 Å². The number of nitrogens with zero attached hydrogens (tertiary/aromatic N) is 2. The van der Waals surface area contributed by atoms with Crippen molar-refractivity contribution in [2.75, 3.05) is 13.2 Å². The van der Waals surface area contributed by atoms with E-state index in [0.717, 1.165) is 31.4 Å². The molecule has 0 radical (unpaired) electrons. The fourth-order valence-corrected chi connectivity index (χ4v) is 2.42. The Hall–Kier alpha value is -1.86. The van der Waals surface area contributed by atoms with Crippen molar-refractivity contribution in [1.82, 2.24) is 4.90 Å². The van der Waals surface area contributed by atoms with E-state index in [1.165, 1.54) is 0 Å². The maximum absolute atomic E-state index is 12.4. The van der Waals surface area contributed by atoms with Crippen LogP contribution in [-0.2, 0) is 16.1 Å². The number of nitriles is 1. The van der Waals surface area contributed by atoms with Crippen molar-refractivity contribution >= 4 is 5.91 Å². The Morgan fingerprint density at radius 3 is 2.75 bits per heavy atom. The fraction of sp³-hybridized carbons (Fsp3) is 0.500. The summed E-state index contributed by atoms with van der Waals surface area (Å²) in [7, 11) is 0. The average Bonchev–Trinajstić information content (AvgIpc) is 3.01. The largest absolute Gasteiger partial charge is 0.368 e. The summed E-state index contributed by atoms with van der Waals surface area (Å²) in [6.45, 7) is 4.07. The Bertz CT molecular complexity index is 484. The molecule has 1 aliphatic heterocycles. The molecule has 1 heterocycles. The molecule has 0 saturated carbocycles. The molecule has 20 heavy (non-hydrogen) atoms. The van der Waals surface area contributed by atoms with Crippen molar-refractivity contribution in [2.45, 2.75) is 38.8 Å². The molecule has 0 N–H and O–H groups in total. The van der Waals surface area contributed by atoms with Crippen LogP contribution in [0.5, 0.6) is 0 Å². The zero-order valence-corrected chi connectivity index (χ0v) is 11.8. The molecule has 1 atom stereocenters. The third-order valence-corrected chi connectivity index (χ3v) is 3.47. The molecule has 0 spiro atoms. The normalized spacial score (nSPS) is 17.7. The third-order valence-electron chi connectivity index (χ3n) is 3.47. The van der Waals surface area contributed by atoms with Gasteiger partial charge in [-0.05, 0) is 37.0 Å². The van der Waals surface area contributed by atoms with E-state index < -0.39 is 0 Å². The summed E-state index contributed by atoms with van der Waals surface area (Å²) in [5.74, 6) is 0.0914. The quantitative estimate of drug-likeness (QED) is 0.827. The Morgan fingerprint density at radius 2 is 2.20 bits per heavy atom. The van der Waals surface area contributed by atoms with Crippen molar-refractivity contribution < 1.29 is 9.53 Å². The molecule has 106 valence electrons. The van der Waals surface area contributed by atoms with E-state index in [4.69, 9.17) is 10.00 Å². The maximum Gasteiger partial charge on any atom is 0.251 e. The number of carbonyl (C=O) groups is 1. The molecular formula is C16H20N2O2. The van der Waals surface area contributed by atoms with Crippen LogP contribution in [0.3, 0.4) is 0 Å². The molecule has 1 saturated heterocycles. The minimum absolute atomic E-state index is 0.0914. The Morgan fingerprint density at radius 1 is 1.45 bits per heavy atom. The summed E-state index contributed by atoms with van der Waals surface area (Å²) in [6.07, 6.45) is 2.45. The van der Waals surface area contributed by atoms with E-state index in [9.17, 15) is 4.79 Å². The van der Waals surface area contributed by atoms with E-state index in [0.29, 0.717) is 18.7 Å². The molecule has 0 bridgehead atoms. The predicted molar refractivity (Wildman–Crippen MR) is 75.8 cm³/mol. The SMILES string of the molecule is CCCN(Cc1ccc(C#N)cc1)C(=O)C1CCCO1. The molecule has 4 nitrogen and oxygen atoms in total. The molecule has 0 aromatic heterocycles. The highest BCUT2D eigenvalue weighted by atomic mass is 16.5. The highest BCUT2D eigenvalue weighted by Gasteiger charge is 2.27. The summed E-state index contributed by atoms with van der Waals surface area (Å²) in [4.78, 5) is 14.3. The molecule has 1 aromatic carbocycles. The van der Waals surface area contributed by atoms with Crippen LogP contribution in [0.4, 0.5) is 0 Å². The summed E-state index contributed by atoms with van der Waals surface area (Å²) in [5.41, 5.74) is 1.69. The number of ether oxygens (including phenoxy) is 1. The lowest BCUT2D eigenvalue weighted by molar-refractivity contribution is -0.141. The van der Waals surface area contributed by atoms with E-state index in [2.05, 4.69) is 13.0 Å². The Kier molecular flexibility index (Phi) is 5.14. The molecule has 1 fully saturated rings. The zero-order chi connectivity index (χ0) is 14.4. The number of hydrogen-bond donors (Lipinski definition) is 0. The minimum Gasteiger partial charge on any atom is -0.368 e. The highest BCUT2D eigenvalue weighted by Crippen LogP contribution is 2.17. The van der Waals surface area contributed by atoms with Crippen molar-refractivity contribution in [2.24, 2.45) is 0 Å². The van der Waals surface area contributed by atoms with E-state index in [1.54, 1.807) is 12.1 Å². The van der Waals surface area contributed by atoms with E-state index in [1.807, 2.05) is 17.0 Å². The molecule has 2 rings (SSSR count). The van der Waals surface area contributed by atoms with Gasteiger partial charge >= 0.3 is 0 Å². The lowest BCUT2D eigenvalue weighted by Crippen LogP contribution is -2.38. The van der Waals surface area contributed by atoms with Gasteiger partial charge in [-0.1, -0.05) is 19.1 Å². The van der Waals surface area contributed by atoms with Crippen LogP contribution in [0, 0.1) is 11.3 Å². The lowest BCUT2D eigenvalue weighted by Gasteiger charge is -2.25. The summed E-state index contributed by atoms with van der Waals surface area (Å²) < 4.78 is 5.48. The van der Waals surface area contributed by atoms with Crippen molar-refractivity contribution in [3.8, 4) is 6.07 Å². The van der Waals surface area contributed by atoms with Gasteiger partial charge in [-0.25, -0.2) is 0 Å². The predicted octanol–water partition coefficient (Wildman–Crippen LogP) is 2.48. The van der Waals surface area contributed by atoms with Gasteiger partial charge in [0.1, 0.15) is 6.10 Å². The third kappa shape index (κ3) is 3.58. The number of amides is 1. The second-order valence-corrected chi connectivity index (χ2v) is 5.07. The summed E-state index contributed by atoms with van der Waals surface area (Å²) >= 11 is 0. The minimum atomic E-state index is -0.264. The number of carbonyl (C=O) groups excluding carboxylic acids is 1. The topological polar surface area (TPSA) is 53.3 Å². The smallest absolute Gasteiger partial charge is 0.251 e. The second-order valence-electron chi connectivity index (χ2n) is 5.07. The van der Waals surface area contributed by atoms with Crippen molar-refractivity contribution in [3.05, 3.63) is 35.4 Å². The van der Waals surface area contributed by atoms with Gasteiger partial charge in [-0.3, -0.25) is 4.79 Å². The molecule has 1 unspecified atom stereocenters. The first-order valence-electron chi connectivity index (χ1n) is 7.14. The highest BCUT2D eigenvalue weighted by molar-refractivity contribution is 5.81. The van der Waals surface area contributed by atoms with Gasteiger partial charge in [0.2, 0.25) is 0 Å². The van der Waals surface area contributed by atoms with E-state index >= 15 is 0 Å². The molecule has 4 heteroatoms. The monoisotopic (exact) mass is 272 g/mol. The standard InChI is InChI=1S/C16H20N2O2/c1-2-9-18(16(19)15-4-3-10-20-15)12-14-7-5-13(11-17)6-8-14/h5-8,15H,2-4,9-10,12H2,1H3. The van der Waals surface area contributed by atoms with Crippen LogP contribution in [0.2, 0.25) is 0 Å². The maximum atomic E-state index is 12.4. The van der Waals surface area contributed by atoms with Gasteiger partial charge < -0.3 is 9.64 Å². The van der Waals surface area contributed by atoms with Crippen LogP contribution < -0.4 is 0 Å². The lowest BCUT2D eigenvalue weighted by atomic mass is 10.1. The van der Waals surface area contributed by atoms with Crippen LogP contribution >= 0.6 is 0 Å². The van der Waals surface area contributed by atoms with E-state index in [-0.39, 0.29) is 12.0 Å². The molecule has 1 aliphatic rings. The first-order chi connectivity index (χ1) is 9.74. The van der Waals surface area contributed by atoms with Gasteiger partial charge in [0.05, 0.1) is 11.6 Å². The molecule has 1 aromatic rings. The molecule has 1 amide bonds. The van der Waals surface area contributed by atoms with Gasteiger partial charge in [0.25, 0.3) is 5.91 Å². The van der Waals surface area contributed by atoms with Crippen LogP contribution in [-0.4, -0.2) is 30.1 Å². The second kappa shape index (κ2) is 7.06. The van der Waals surface area contributed by atoms with Crippen LogP contribution in [0.15, 0.2) is 24.3 Å². The van der Waals surface area contributed by atoms with Gasteiger partial charge in [0.15, 0.2) is 0 Å². The summed E-state index contributed by atoms with van der Waals surface area (Å²) in [5, 5.41) is 8.80. The molecular weight excluding hydrogens is 252 g/mol. The number of rotatable bonds is 5. The zero-order valence-electron chi connectivity index (χ0n) is 11.8. The Labute approximate surface area is 120 Å². The van der Waals surface area contributed by atoms with Crippen molar-refractivity contribution in [3.63, 3.8) is 0 Å². The van der Waals surface area contributed by atoms with Crippen LogP contribution in [0.1, 0.15) is 37.3 Å². The molecule has 0 aliphatic carbocycles. The Balaban J connectivity index is 2.03. The summed E-state index contributed by atoms with van der Waals surface area (Å²) in [6, 6.07) is 9.49.